The molecule has 1 aliphatic rings. The van der Waals surface area contributed by atoms with Crippen LogP contribution in [0.1, 0.15) is 28.3 Å². The molecule has 0 radical (unpaired) electrons. The van der Waals surface area contributed by atoms with Crippen LogP contribution in [-0.4, -0.2) is 14.2 Å². The Kier molecular flexibility index (Phi) is 4.15. The van der Waals surface area contributed by atoms with Gasteiger partial charge in [0.15, 0.2) is 0 Å². The lowest BCUT2D eigenvalue weighted by Gasteiger charge is -2.20. The van der Waals surface area contributed by atoms with Crippen molar-refractivity contribution in [1.82, 2.24) is 5.32 Å². The summed E-state index contributed by atoms with van der Waals surface area (Å²) < 4.78 is 11.0. The lowest BCUT2D eigenvalue weighted by Crippen LogP contribution is -2.18. The topological polar surface area (TPSA) is 30.5 Å². The molecule has 3 nitrogen and oxygen atoms in total. The monoisotopic (exact) mass is 303 g/mol. The average Bonchev–Trinajstić information content (AvgIpc) is 2.97. The zero-order valence-corrected chi connectivity index (χ0v) is 12.9. The van der Waals surface area contributed by atoms with Gasteiger partial charge < -0.3 is 14.8 Å². The van der Waals surface area contributed by atoms with Crippen LogP contribution in [0.5, 0.6) is 5.75 Å². The van der Waals surface area contributed by atoms with Gasteiger partial charge in [-0.15, -0.1) is 0 Å². The molecule has 0 saturated carbocycles. The smallest absolute Gasteiger partial charge is 0.125 e. The molecule has 3 rings (SSSR count). The van der Waals surface area contributed by atoms with Crippen LogP contribution in [0.3, 0.4) is 0 Å². The summed E-state index contributed by atoms with van der Waals surface area (Å²) in [5, 5.41) is 4.03. The molecule has 0 aliphatic carbocycles. The molecule has 1 heterocycles. The molecule has 1 N–H and O–H groups in total. The number of nitrogens with one attached hydrogen (secondary N) is 1. The second-order valence-electron chi connectivity index (χ2n) is 5.13. The fourth-order valence-corrected chi connectivity index (χ4v) is 2.96. The van der Waals surface area contributed by atoms with Crippen molar-refractivity contribution in [2.45, 2.75) is 19.3 Å². The van der Waals surface area contributed by atoms with Gasteiger partial charge in [-0.25, -0.2) is 0 Å². The Balaban J connectivity index is 2.02. The molecule has 4 heteroatoms. The Morgan fingerprint density at radius 1 is 1.14 bits per heavy atom. The van der Waals surface area contributed by atoms with Crippen molar-refractivity contribution in [3.63, 3.8) is 0 Å². The molecule has 1 aliphatic heterocycles. The summed E-state index contributed by atoms with van der Waals surface area (Å²) in [4.78, 5) is 0. The SMILES string of the molecule is CNC(c1ccc2c(c1)COC2)c1ccc(Cl)cc1OC. The highest BCUT2D eigenvalue weighted by atomic mass is 35.5. The molecule has 21 heavy (non-hydrogen) atoms. The van der Waals surface area contributed by atoms with Crippen molar-refractivity contribution in [2.24, 2.45) is 0 Å². The molecule has 0 spiro atoms. The third-order valence-corrected chi connectivity index (χ3v) is 4.11. The summed E-state index contributed by atoms with van der Waals surface area (Å²) in [6, 6.07) is 12.3. The van der Waals surface area contributed by atoms with E-state index in [4.69, 9.17) is 21.1 Å². The molecule has 2 aromatic rings. The van der Waals surface area contributed by atoms with Crippen LogP contribution in [0.15, 0.2) is 36.4 Å². The minimum absolute atomic E-state index is 0.0584. The Hall–Kier alpha value is -1.55. The highest BCUT2D eigenvalue weighted by Crippen LogP contribution is 2.33. The van der Waals surface area contributed by atoms with Crippen LogP contribution >= 0.6 is 11.6 Å². The second kappa shape index (κ2) is 6.06. The lowest BCUT2D eigenvalue weighted by atomic mass is 9.95. The van der Waals surface area contributed by atoms with Crippen molar-refractivity contribution < 1.29 is 9.47 Å². The number of ether oxygens (including phenoxy) is 2. The molecule has 0 amide bonds. The third kappa shape index (κ3) is 2.77. The van der Waals surface area contributed by atoms with Crippen LogP contribution in [0.2, 0.25) is 5.02 Å². The molecule has 1 unspecified atom stereocenters. The Morgan fingerprint density at radius 2 is 1.95 bits per heavy atom. The molecular weight excluding hydrogens is 286 g/mol. The number of fused-ring (bicyclic) bond motifs is 1. The molecule has 110 valence electrons. The summed E-state index contributed by atoms with van der Waals surface area (Å²) in [6.07, 6.45) is 0. The van der Waals surface area contributed by atoms with Crippen LogP contribution < -0.4 is 10.1 Å². The largest absolute Gasteiger partial charge is 0.496 e. The fourth-order valence-electron chi connectivity index (χ4n) is 2.80. The molecule has 0 saturated heterocycles. The summed E-state index contributed by atoms with van der Waals surface area (Å²) in [5.74, 6) is 0.790. The average molecular weight is 304 g/mol. The van der Waals surface area contributed by atoms with Crippen molar-refractivity contribution in [3.8, 4) is 5.75 Å². The van der Waals surface area contributed by atoms with Gasteiger partial charge in [-0.05, 0) is 35.9 Å². The van der Waals surface area contributed by atoms with Gasteiger partial charge >= 0.3 is 0 Å². The Bertz CT molecular complexity index is 657. The van der Waals surface area contributed by atoms with E-state index < -0.39 is 0 Å². The summed E-state index contributed by atoms with van der Waals surface area (Å²) in [7, 11) is 3.61. The van der Waals surface area contributed by atoms with Crippen LogP contribution in [0.4, 0.5) is 0 Å². The Labute approximate surface area is 129 Å². The van der Waals surface area contributed by atoms with E-state index in [1.807, 2.05) is 25.2 Å². The number of methoxy groups -OCH3 is 1. The van der Waals surface area contributed by atoms with Crippen molar-refractivity contribution in [3.05, 3.63) is 63.7 Å². The van der Waals surface area contributed by atoms with E-state index in [1.54, 1.807) is 7.11 Å². The predicted octanol–water partition coefficient (Wildman–Crippen LogP) is 3.69. The van der Waals surface area contributed by atoms with Gasteiger partial charge in [0.05, 0.1) is 26.4 Å². The Morgan fingerprint density at radius 3 is 2.71 bits per heavy atom. The van der Waals surface area contributed by atoms with Crippen LogP contribution in [-0.2, 0) is 18.0 Å². The zero-order valence-electron chi connectivity index (χ0n) is 12.2. The lowest BCUT2D eigenvalue weighted by molar-refractivity contribution is 0.134. The molecule has 0 aromatic heterocycles. The maximum atomic E-state index is 6.05. The number of hydrogen-bond donors (Lipinski definition) is 1. The number of benzene rings is 2. The number of hydrogen-bond acceptors (Lipinski definition) is 3. The molecule has 0 bridgehead atoms. The van der Waals surface area contributed by atoms with E-state index >= 15 is 0 Å². The van der Waals surface area contributed by atoms with Crippen LogP contribution in [0.25, 0.3) is 0 Å². The van der Waals surface area contributed by atoms with Gasteiger partial charge in [-0.3, -0.25) is 0 Å². The minimum atomic E-state index is 0.0584. The van der Waals surface area contributed by atoms with Gasteiger partial charge in [0.25, 0.3) is 0 Å². The van der Waals surface area contributed by atoms with E-state index in [2.05, 4.69) is 23.5 Å². The van der Waals surface area contributed by atoms with Crippen molar-refractivity contribution in [1.29, 1.82) is 0 Å². The van der Waals surface area contributed by atoms with Gasteiger partial charge in [0.1, 0.15) is 5.75 Å². The number of rotatable bonds is 4. The maximum absolute atomic E-state index is 6.05. The van der Waals surface area contributed by atoms with Gasteiger partial charge in [-0.1, -0.05) is 35.9 Å². The molecule has 2 aromatic carbocycles. The first-order chi connectivity index (χ1) is 10.2. The number of halogens is 1. The molecule has 0 fully saturated rings. The molecule has 1 atom stereocenters. The first-order valence-electron chi connectivity index (χ1n) is 6.93. The van der Waals surface area contributed by atoms with E-state index in [-0.39, 0.29) is 6.04 Å². The third-order valence-electron chi connectivity index (χ3n) is 3.87. The minimum Gasteiger partial charge on any atom is -0.496 e. The first-order valence-corrected chi connectivity index (χ1v) is 7.31. The first kappa shape index (κ1) is 14.4. The van der Waals surface area contributed by atoms with Gasteiger partial charge in [0.2, 0.25) is 0 Å². The van der Waals surface area contributed by atoms with Crippen molar-refractivity contribution in [2.75, 3.05) is 14.2 Å². The van der Waals surface area contributed by atoms with Crippen molar-refractivity contribution >= 4 is 11.6 Å². The maximum Gasteiger partial charge on any atom is 0.125 e. The summed E-state index contributed by atoms with van der Waals surface area (Å²) >= 11 is 6.05. The predicted molar refractivity (Wildman–Crippen MR) is 83.8 cm³/mol. The molecular formula is C17H18ClNO2. The second-order valence-corrected chi connectivity index (χ2v) is 5.57. The quantitative estimate of drug-likeness (QED) is 0.934. The standard InChI is InChI=1S/C17H18ClNO2/c1-19-17(15-6-5-14(18)8-16(15)20-2)11-3-4-12-9-21-10-13(12)7-11/h3-8,17,19H,9-10H2,1-2H3. The van der Waals surface area contributed by atoms with E-state index in [0.717, 1.165) is 11.3 Å². The van der Waals surface area contributed by atoms with E-state index in [1.165, 1.54) is 16.7 Å². The normalized spacial score (nSPS) is 14.8. The fraction of sp³-hybridized carbons (Fsp3) is 0.294. The highest BCUT2D eigenvalue weighted by Gasteiger charge is 2.19. The summed E-state index contributed by atoms with van der Waals surface area (Å²) in [5.41, 5.74) is 4.81. The highest BCUT2D eigenvalue weighted by molar-refractivity contribution is 6.30. The van der Waals surface area contributed by atoms with E-state index in [9.17, 15) is 0 Å². The summed E-state index contributed by atoms with van der Waals surface area (Å²) in [6.45, 7) is 1.40. The van der Waals surface area contributed by atoms with Gasteiger partial charge in [0, 0.05) is 10.6 Å². The van der Waals surface area contributed by atoms with Gasteiger partial charge in [-0.2, -0.15) is 0 Å². The van der Waals surface area contributed by atoms with E-state index in [0.29, 0.717) is 18.2 Å². The zero-order chi connectivity index (χ0) is 14.8. The van der Waals surface area contributed by atoms with Crippen LogP contribution in [0, 0.1) is 0 Å².